The summed E-state index contributed by atoms with van der Waals surface area (Å²) in [5.41, 5.74) is 11.2. The van der Waals surface area contributed by atoms with Gasteiger partial charge in [0, 0.05) is 6.04 Å². The highest BCUT2D eigenvalue weighted by Crippen LogP contribution is 2.28. The molecule has 0 aliphatic heterocycles. The number of nitrogens with two attached hydrogens (primary N) is 1. The predicted molar refractivity (Wildman–Crippen MR) is 84.6 cm³/mol. The van der Waals surface area contributed by atoms with Crippen LogP contribution in [-0.4, -0.2) is 7.11 Å². The third-order valence-corrected chi connectivity index (χ3v) is 3.94. The van der Waals surface area contributed by atoms with Crippen LogP contribution < -0.4 is 10.5 Å². The fourth-order valence-corrected chi connectivity index (χ4v) is 2.40. The normalized spacial score (nSPS) is 12.2. The van der Waals surface area contributed by atoms with Crippen molar-refractivity contribution in [1.82, 2.24) is 0 Å². The molecule has 2 nitrogen and oxygen atoms in total. The number of ether oxygens (including phenoxy) is 1. The van der Waals surface area contributed by atoms with Crippen LogP contribution in [0.2, 0.25) is 5.02 Å². The number of halogens is 1. The van der Waals surface area contributed by atoms with Crippen molar-refractivity contribution in [2.45, 2.75) is 26.3 Å². The average Bonchev–Trinajstić information content (AvgIpc) is 2.43. The summed E-state index contributed by atoms with van der Waals surface area (Å²) in [5, 5.41) is 0.606. The van der Waals surface area contributed by atoms with E-state index in [1.807, 2.05) is 18.2 Å². The lowest BCUT2D eigenvalue weighted by atomic mass is 9.97. The molecule has 0 aromatic heterocycles. The summed E-state index contributed by atoms with van der Waals surface area (Å²) >= 11 is 6.03. The van der Waals surface area contributed by atoms with Gasteiger partial charge in [-0.25, -0.2) is 0 Å². The van der Waals surface area contributed by atoms with Gasteiger partial charge in [-0.1, -0.05) is 35.9 Å². The van der Waals surface area contributed by atoms with Crippen molar-refractivity contribution in [3.63, 3.8) is 0 Å². The Hall–Kier alpha value is -1.51. The summed E-state index contributed by atoms with van der Waals surface area (Å²) in [7, 11) is 1.61. The van der Waals surface area contributed by atoms with Crippen LogP contribution in [0.1, 0.15) is 28.3 Å². The maximum Gasteiger partial charge on any atom is 0.137 e. The van der Waals surface area contributed by atoms with E-state index in [0.717, 1.165) is 12.0 Å². The van der Waals surface area contributed by atoms with E-state index >= 15 is 0 Å². The molecule has 1 atom stereocenters. The second-order valence-corrected chi connectivity index (χ2v) is 5.53. The summed E-state index contributed by atoms with van der Waals surface area (Å²) in [5.74, 6) is 0.666. The molecule has 2 aromatic carbocycles. The largest absolute Gasteiger partial charge is 0.495 e. The van der Waals surface area contributed by atoms with Gasteiger partial charge in [-0.3, -0.25) is 0 Å². The Balaban J connectivity index is 2.19. The summed E-state index contributed by atoms with van der Waals surface area (Å²) in [6.45, 7) is 4.23. The second kappa shape index (κ2) is 6.29. The summed E-state index contributed by atoms with van der Waals surface area (Å²) < 4.78 is 5.23. The molecule has 2 rings (SSSR count). The molecule has 0 radical (unpaired) electrons. The van der Waals surface area contributed by atoms with E-state index in [-0.39, 0.29) is 6.04 Å². The van der Waals surface area contributed by atoms with Crippen molar-refractivity contribution in [3.05, 3.63) is 63.7 Å². The second-order valence-electron chi connectivity index (χ2n) is 5.12. The molecular weight excluding hydrogens is 270 g/mol. The van der Waals surface area contributed by atoms with E-state index in [9.17, 15) is 0 Å². The molecule has 0 amide bonds. The molecule has 2 N–H and O–H groups in total. The topological polar surface area (TPSA) is 35.2 Å². The van der Waals surface area contributed by atoms with E-state index in [0.29, 0.717) is 10.8 Å². The first-order chi connectivity index (χ1) is 9.51. The third-order valence-electron chi connectivity index (χ3n) is 3.63. The molecule has 0 bridgehead atoms. The lowest BCUT2D eigenvalue weighted by Gasteiger charge is -2.15. The third kappa shape index (κ3) is 3.33. The van der Waals surface area contributed by atoms with Gasteiger partial charge in [0.05, 0.1) is 12.1 Å². The molecule has 0 fully saturated rings. The van der Waals surface area contributed by atoms with E-state index in [1.54, 1.807) is 7.11 Å². The fourth-order valence-electron chi connectivity index (χ4n) is 2.21. The first kappa shape index (κ1) is 14.9. The van der Waals surface area contributed by atoms with Crippen LogP contribution in [0.15, 0.2) is 36.4 Å². The zero-order valence-corrected chi connectivity index (χ0v) is 12.9. The monoisotopic (exact) mass is 289 g/mol. The number of aryl methyl sites for hydroxylation is 2. The van der Waals surface area contributed by atoms with Crippen LogP contribution in [-0.2, 0) is 6.42 Å². The first-order valence-corrected chi connectivity index (χ1v) is 7.04. The Kier molecular flexibility index (Phi) is 4.69. The Morgan fingerprint density at radius 3 is 2.50 bits per heavy atom. The van der Waals surface area contributed by atoms with Gasteiger partial charge in [-0.05, 0) is 54.7 Å². The van der Waals surface area contributed by atoms with E-state index in [2.05, 4.69) is 32.0 Å². The standard InChI is InChI=1S/C17H20ClNO/c1-11-4-5-13(8-12(11)2)9-16(19)14-6-7-15(18)17(10-14)20-3/h4-8,10,16H,9,19H2,1-3H3. The zero-order chi connectivity index (χ0) is 14.7. The van der Waals surface area contributed by atoms with E-state index in [4.69, 9.17) is 22.1 Å². The van der Waals surface area contributed by atoms with Gasteiger partial charge < -0.3 is 10.5 Å². The van der Waals surface area contributed by atoms with Crippen LogP contribution in [0.25, 0.3) is 0 Å². The highest BCUT2D eigenvalue weighted by atomic mass is 35.5. The molecular formula is C17H20ClNO. The molecule has 0 aliphatic carbocycles. The SMILES string of the molecule is COc1cc(C(N)Cc2ccc(C)c(C)c2)ccc1Cl. The van der Waals surface area contributed by atoms with Crippen LogP contribution in [0, 0.1) is 13.8 Å². The van der Waals surface area contributed by atoms with Crippen molar-refractivity contribution in [2.24, 2.45) is 5.73 Å². The molecule has 106 valence electrons. The Morgan fingerprint density at radius 1 is 1.10 bits per heavy atom. The first-order valence-electron chi connectivity index (χ1n) is 6.66. The molecule has 3 heteroatoms. The minimum Gasteiger partial charge on any atom is -0.495 e. The van der Waals surface area contributed by atoms with Crippen molar-refractivity contribution in [2.75, 3.05) is 7.11 Å². The number of benzene rings is 2. The van der Waals surface area contributed by atoms with E-state index < -0.39 is 0 Å². The van der Waals surface area contributed by atoms with Crippen molar-refractivity contribution in [3.8, 4) is 5.75 Å². The van der Waals surface area contributed by atoms with Crippen LogP contribution >= 0.6 is 11.6 Å². The van der Waals surface area contributed by atoms with Crippen molar-refractivity contribution >= 4 is 11.6 Å². The van der Waals surface area contributed by atoms with Gasteiger partial charge in [0.25, 0.3) is 0 Å². The number of rotatable bonds is 4. The molecule has 2 aromatic rings. The molecule has 0 saturated heterocycles. The summed E-state index contributed by atoms with van der Waals surface area (Å²) in [6, 6.07) is 12.1. The maximum absolute atomic E-state index is 6.29. The van der Waals surface area contributed by atoms with Crippen LogP contribution in [0.4, 0.5) is 0 Å². The van der Waals surface area contributed by atoms with Gasteiger partial charge in [0.2, 0.25) is 0 Å². The minimum atomic E-state index is -0.0664. The highest BCUT2D eigenvalue weighted by molar-refractivity contribution is 6.32. The van der Waals surface area contributed by atoms with Crippen molar-refractivity contribution < 1.29 is 4.74 Å². The zero-order valence-electron chi connectivity index (χ0n) is 12.1. The van der Waals surface area contributed by atoms with Crippen LogP contribution in [0.3, 0.4) is 0 Å². The van der Waals surface area contributed by atoms with Crippen molar-refractivity contribution in [1.29, 1.82) is 0 Å². The fraction of sp³-hybridized carbons (Fsp3) is 0.294. The maximum atomic E-state index is 6.29. The summed E-state index contributed by atoms with van der Waals surface area (Å²) in [4.78, 5) is 0. The lowest BCUT2D eigenvalue weighted by molar-refractivity contribution is 0.414. The summed E-state index contributed by atoms with van der Waals surface area (Å²) in [6.07, 6.45) is 0.798. The van der Waals surface area contributed by atoms with E-state index in [1.165, 1.54) is 16.7 Å². The Bertz CT molecular complexity index is 610. The molecule has 0 aliphatic rings. The Morgan fingerprint density at radius 2 is 1.85 bits per heavy atom. The highest BCUT2D eigenvalue weighted by Gasteiger charge is 2.10. The number of methoxy groups -OCH3 is 1. The molecule has 0 heterocycles. The number of hydrogen-bond donors (Lipinski definition) is 1. The molecule has 0 spiro atoms. The minimum absolute atomic E-state index is 0.0664. The van der Waals surface area contributed by atoms with Gasteiger partial charge >= 0.3 is 0 Å². The van der Waals surface area contributed by atoms with Gasteiger partial charge in [-0.15, -0.1) is 0 Å². The average molecular weight is 290 g/mol. The van der Waals surface area contributed by atoms with Gasteiger partial charge in [0.1, 0.15) is 5.75 Å². The van der Waals surface area contributed by atoms with Gasteiger partial charge in [0.15, 0.2) is 0 Å². The lowest BCUT2D eigenvalue weighted by Crippen LogP contribution is -2.13. The molecule has 20 heavy (non-hydrogen) atoms. The smallest absolute Gasteiger partial charge is 0.137 e. The quantitative estimate of drug-likeness (QED) is 0.915. The van der Waals surface area contributed by atoms with Gasteiger partial charge in [-0.2, -0.15) is 0 Å². The predicted octanol–water partition coefficient (Wildman–Crippen LogP) is 4.21. The Labute approximate surface area is 125 Å². The molecule has 1 unspecified atom stereocenters. The molecule has 0 saturated carbocycles. The number of hydrogen-bond acceptors (Lipinski definition) is 2. The van der Waals surface area contributed by atoms with Crippen LogP contribution in [0.5, 0.6) is 5.75 Å².